The van der Waals surface area contributed by atoms with Crippen molar-refractivity contribution in [1.29, 1.82) is 0 Å². The molecule has 6 heteroatoms. The van der Waals surface area contributed by atoms with Crippen LogP contribution < -0.4 is 14.8 Å². The molecule has 2 rings (SSSR count). The van der Waals surface area contributed by atoms with Crippen LogP contribution in [0.1, 0.15) is 5.56 Å². The lowest BCUT2D eigenvalue weighted by molar-refractivity contribution is 0.215. The molecular formula is C15H13Cl2NO3. The summed E-state index contributed by atoms with van der Waals surface area (Å²) in [5.41, 5.74) is 1.49. The standard InChI is InChI=1S/C15H13Cl2NO3/c1-9-6-7-12(20-2)11(8-9)18-15(19)21-13-5-3-4-10(16)14(13)17/h3-8H,1-2H3,(H,18,19). The number of halogens is 2. The van der Waals surface area contributed by atoms with E-state index in [9.17, 15) is 4.79 Å². The molecule has 2 aromatic carbocycles. The van der Waals surface area contributed by atoms with Crippen LogP contribution in [0, 0.1) is 6.92 Å². The molecule has 0 fully saturated rings. The lowest BCUT2D eigenvalue weighted by atomic mass is 10.2. The first kappa shape index (κ1) is 15.5. The highest BCUT2D eigenvalue weighted by Crippen LogP contribution is 2.32. The number of ether oxygens (including phenoxy) is 2. The van der Waals surface area contributed by atoms with Crippen molar-refractivity contribution in [3.05, 3.63) is 52.0 Å². The summed E-state index contributed by atoms with van der Waals surface area (Å²) in [6.45, 7) is 1.91. The Labute approximate surface area is 132 Å². The molecule has 1 amide bonds. The summed E-state index contributed by atoms with van der Waals surface area (Å²) in [5, 5.41) is 3.11. The van der Waals surface area contributed by atoms with Crippen LogP contribution >= 0.6 is 23.2 Å². The fraction of sp³-hybridized carbons (Fsp3) is 0.133. The van der Waals surface area contributed by atoms with Gasteiger partial charge in [-0.15, -0.1) is 0 Å². The van der Waals surface area contributed by atoms with Crippen molar-refractivity contribution in [3.8, 4) is 11.5 Å². The fourth-order valence-electron chi connectivity index (χ4n) is 1.72. The summed E-state index contributed by atoms with van der Waals surface area (Å²) in [4.78, 5) is 11.9. The van der Waals surface area contributed by atoms with E-state index in [0.29, 0.717) is 16.5 Å². The molecule has 0 spiro atoms. The zero-order chi connectivity index (χ0) is 15.4. The van der Waals surface area contributed by atoms with Gasteiger partial charge in [-0.3, -0.25) is 5.32 Å². The summed E-state index contributed by atoms with van der Waals surface area (Å²) in [7, 11) is 1.52. The Hall–Kier alpha value is -1.91. The van der Waals surface area contributed by atoms with E-state index in [2.05, 4.69) is 5.32 Å². The number of carbonyl (C=O) groups is 1. The maximum Gasteiger partial charge on any atom is 0.417 e. The maximum atomic E-state index is 11.9. The first-order valence-corrected chi connectivity index (χ1v) is 6.84. The zero-order valence-corrected chi connectivity index (χ0v) is 13.0. The van der Waals surface area contributed by atoms with E-state index >= 15 is 0 Å². The lowest BCUT2D eigenvalue weighted by Crippen LogP contribution is -2.17. The van der Waals surface area contributed by atoms with Crippen molar-refractivity contribution in [2.45, 2.75) is 6.92 Å². The monoisotopic (exact) mass is 325 g/mol. The minimum Gasteiger partial charge on any atom is -0.495 e. The van der Waals surface area contributed by atoms with Crippen LogP contribution in [0.2, 0.25) is 10.0 Å². The third-order valence-electron chi connectivity index (χ3n) is 2.71. The molecule has 0 saturated carbocycles. The predicted molar refractivity (Wildman–Crippen MR) is 83.8 cm³/mol. The van der Waals surface area contributed by atoms with Gasteiger partial charge in [-0.2, -0.15) is 0 Å². The average Bonchev–Trinajstić information content (AvgIpc) is 2.44. The Morgan fingerprint density at radius 1 is 1.14 bits per heavy atom. The van der Waals surface area contributed by atoms with Gasteiger partial charge in [0.1, 0.15) is 10.8 Å². The highest BCUT2D eigenvalue weighted by atomic mass is 35.5. The minimum atomic E-state index is -0.678. The van der Waals surface area contributed by atoms with Gasteiger partial charge in [0.25, 0.3) is 0 Å². The molecule has 1 N–H and O–H groups in total. The summed E-state index contributed by atoms with van der Waals surface area (Å²) < 4.78 is 10.3. The first-order valence-electron chi connectivity index (χ1n) is 6.08. The Morgan fingerprint density at radius 2 is 1.90 bits per heavy atom. The largest absolute Gasteiger partial charge is 0.495 e. The first-order chi connectivity index (χ1) is 10.0. The van der Waals surface area contributed by atoms with Gasteiger partial charge in [0.15, 0.2) is 5.75 Å². The van der Waals surface area contributed by atoms with Crippen LogP contribution in [-0.2, 0) is 0 Å². The van der Waals surface area contributed by atoms with Crippen molar-refractivity contribution < 1.29 is 14.3 Å². The molecular weight excluding hydrogens is 313 g/mol. The van der Waals surface area contributed by atoms with Crippen LogP contribution in [0.4, 0.5) is 10.5 Å². The molecule has 0 saturated heterocycles. The van der Waals surface area contributed by atoms with E-state index in [0.717, 1.165) is 5.56 Å². The van der Waals surface area contributed by atoms with Gasteiger partial charge in [-0.25, -0.2) is 4.79 Å². The fourth-order valence-corrected chi connectivity index (χ4v) is 2.05. The minimum absolute atomic E-state index is 0.186. The van der Waals surface area contributed by atoms with E-state index in [-0.39, 0.29) is 10.8 Å². The quantitative estimate of drug-likeness (QED) is 0.871. The molecule has 0 aliphatic rings. The van der Waals surface area contributed by atoms with Crippen molar-refractivity contribution >= 4 is 35.0 Å². The molecule has 0 aliphatic heterocycles. The van der Waals surface area contributed by atoms with Gasteiger partial charge in [0.05, 0.1) is 17.8 Å². The molecule has 0 atom stereocenters. The molecule has 0 unspecified atom stereocenters. The Balaban J connectivity index is 2.15. The number of aryl methyl sites for hydroxylation is 1. The molecule has 0 aromatic heterocycles. The smallest absolute Gasteiger partial charge is 0.417 e. The SMILES string of the molecule is COc1ccc(C)cc1NC(=O)Oc1cccc(Cl)c1Cl. The van der Waals surface area contributed by atoms with E-state index in [1.807, 2.05) is 13.0 Å². The molecule has 21 heavy (non-hydrogen) atoms. The third kappa shape index (κ3) is 3.80. The van der Waals surface area contributed by atoms with Gasteiger partial charge in [-0.1, -0.05) is 35.3 Å². The van der Waals surface area contributed by atoms with Gasteiger partial charge in [-0.05, 0) is 36.8 Å². The summed E-state index contributed by atoms with van der Waals surface area (Å²) in [6, 6.07) is 10.2. The second kappa shape index (κ2) is 6.70. The molecule has 4 nitrogen and oxygen atoms in total. The van der Waals surface area contributed by atoms with Crippen LogP contribution in [0.3, 0.4) is 0 Å². The maximum absolute atomic E-state index is 11.9. The number of benzene rings is 2. The number of amides is 1. The number of nitrogens with one attached hydrogen (secondary N) is 1. The second-order valence-corrected chi connectivity index (χ2v) is 5.06. The Morgan fingerprint density at radius 3 is 2.62 bits per heavy atom. The van der Waals surface area contributed by atoms with Gasteiger partial charge in [0, 0.05) is 0 Å². The zero-order valence-electron chi connectivity index (χ0n) is 11.4. The van der Waals surface area contributed by atoms with E-state index in [1.165, 1.54) is 7.11 Å². The van der Waals surface area contributed by atoms with E-state index in [1.54, 1.807) is 30.3 Å². The number of hydrogen-bond donors (Lipinski definition) is 1. The molecule has 110 valence electrons. The number of anilines is 1. The third-order valence-corrected chi connectivity index (χ3v) is 3.51. The predicted octanol–water partition coefficient (Wildman–Crippen LogP) is 4.92. The second-order valence-electron chi connectivity index (χ2n) is 4.27. The number of hydrogen-bond acceptors (Lipinski definition) is 3. The summed E-state index contributed by atoms with van der Waals surface area (Å²) in [5.74, 6) is 0.725. The number of carbonyl (C=O) groups excluding carboxylic acids is 1. The summed E-state index contributed by atoms with van der Waals surface area (Å²) in [6.07, 6.45) is -0.678. The van der Waals surface area contributed by atoms with Crippen LogP contribution in [0.15, 0.2) is 36.4 Å². The Bertz CT molecular complexity index is 674. The molecule has 0 aliphatic carbocycles. The van der Waals surface area contributed by atoms with E-state index in [4.69, 9.17) is 32.7 Å². The molecule has 0 radical (unpaired) electrons. The average molecular weight is 326 g/mol. The van der Waals surface area contributed by atoms with Gasteiger partial charge >= 0.3 is 6.09 Å². The van der Waals surface area contributed by atoms with Crippen molar-refractivity contribution in [2.75, 3.05) is 12.4 Å². The molecule has 0 bridgehead atoms. The Kier molecular flexibility index (Phi) is 4.94. The van der Waals surface area contributed by atoms with Crippen molar-refractivity contribution in [2.24, 2.45) is 0 Å². The molecule has 0 heterocycles. The van der Waals surface area contributed by atoms with Gasteiger partial charge < -0.3 is 9.47 Å². The highest BCUT2D eigenvalue weighted by molar-refractivity contribution is 6.43. The van der Waals surface area contributed by atoms with Crippen LogP contribution in [0.5, 0.6) is 11.5 Å². The van der Waals surface area contributed by atoms with E-state index < -0.39 is 6.09 Å². The van der Waals surface area contributed by atoms with Crippen molar-refractivity contribution in [3.63, 3.8) is 0 Å². The lowest BCUT2D eigenvalue weighted by Gasteiger charge is -2.12. The van der Waals surface area contributed by atoms with Gasteiger partial charge in [0.2, 0.25) is 0 Å². The number of methoxy groups -OCH3 is 1. The van der Waals surface area contributed by atoms with Crippen LogP contribution in [-0.4, -0.2) is 13.2 Å². The number of rotatable bonds is 3. The normalized spacial score (nSPS) is 10.1. The topological polar surface area (TPSA) is 47.6 Å². The summed E-state index contributed by atoms with van der Waals surface area (Å²) >= 11 is 11.8. The van der Waals surface area contributed by atoms with Crippen LogP contribution in [0.25, 0.3) is 0 Å². The molecule has 2 aromatic rings. The highest BCUT2D eigenvalue weighted by Gasteiger charge is 2.13. The van der Waals surface area contributed by atoms with Crippen molar-refractivity contribution in [1.82, 2.24) is 0 Å².